The molecule has 0 aliphatic rings. The molecule has 0 unspecified atom stereocenters. The summed E-state index contributed by atoms with van der Waals surface area (Å²) in [5, 5.41) is 8.85. The van der Waals surface area contributed by atoms with E-state index in [0.717, 1.165) is 23.3 Å². The van der Waals surface area contributed by atoms with Crippen molar-refractivity contribution >= 4 is 35.3 Å². The Hall–Kier alpha value is -4.53. The Morgan fingerprint density at radius 1 is 0.882 bits per heavy atom. The maximum atomic E-state index is 12.9. The molecule has 8 nitrogen and oxygen atoms in total. The highest BCUT2D eigenvalue weighted by atomic mass is 19.1. The van der Waals surface area contributed by atoms with E-state index in [4.69, 9.17) is 4.74 Å². The summed E-state index contributed by atoms with van der Waals surface area (Å²) < 4.78 is 18.4. The van der Waals surface area contributed by atoms with Gasteiger partial charge in [0.05, 0.1) is 6.21 Å². The second-order valence-corrected chi connectivity index (χ2v) is 7.37. The van der Waals surface area contributed by atoms with Crippen molar-refractivity contribution in [1.82, 2.24) is 5.43 Å². The molecule has 0 saturated heterocycles. The minimum Gasteiger partial charge on any atom is -0.484 e. The number of hydrogen-bond donors (Lipinski definition) is 3. The SMILES string of the molecule is Cc1ccc(NC(=O)COc2cccc(/C=N\NC(=O)C(=O)Nc3ccc(F)cc3)c2)cc1C. The molecule has 0 radical (unpaired) electrons. The molecule has 0 bridgehead atoms. The lowest BCUT2D eigenvalue weighted by Gasteiger charge is -2.09. The Labute approximate surface area is 195 Å². The van der Waals surface area contributed by atoms with Crippen molar-refractivity contribution in [2.24, 2.45) is 5.10 Å². The van der Waals surface area contributed by atoms with Crippen molar-refractivity contribution in [3.8, 4) is 5.75 Å². The highest BCUT2D eigenvalue weighted by molar-refractivity contribution is 6.39. The Balaban J connectivity index is 1.48. The normalized spacial score (nSPS) is 10.6. The largest absolute Gasteiger partial charge is 0.484 e. The standard InChI is InChI=1S/C25H23FN4O4/c1-16-6-9-21(12-17(16)2)28-23(31)15-34-22-5-3-4-18(13-22)14-27-30-25(33)24(32)29-20-10-7-19(26)8-11-20/h3-14H,15H2,1-2H3,(H,28,31)(H,29,32)(H,30,33)/b27-14-. The zero-order valence-electron chi connectivity index (χ0n) is 18.6. The third-order valence-corrected chi connectivity index (χ3v) is 4.71. The molecule has 3 aromatic rings. The third kappa shape index (κ3) is 7.27. The van der Waals surface area contributed by atoms with E-state index in [-0.39, 0.29) is 18.2 Å². The lowest BCUT2D eigenvalue weighted by Crippen LogP contribution is -2.32. The number of benzene rings is 3. The summed E-state index contributed by atoms with van der Waals surface area (Å²) in [5.74, 6) is -2.27. The van der Waals surface area contributed by atoms with E-state index in [1.165, 1.54) is 18.3 Å². The molecule has 3 N–H and O–H groups in total. The van der Waals surface area contributed by atoms with Crippen LogP contribution in [0.2, 0.25) is 0 Å². The van der Waals surface area contributed by atoms with Gasteiger partial charge in [-0.2, -0.15) is 5.10 Å². The van der Waals surface area contributed by atoms with Gasteiger partial charge in [0.15, 0.2) is 6.61 Å². The van der Waals surface area contributed by atoms with Gasteiger partial charge < -0.3 is 15.4 Å². The molecular weight excluding hydrogens is 439 g/mol. The van der Waals surface area contributed by atoms with Gasteiger partial charge in [-0.1, -0.05) is 18.2 Å². The number of aryl methyl sites for hydroxylation is 2. The smallest absolute Gasteiger partial charge is 0.329 e. The van der Waals surface area contributed by atoms with Crippen LogP contribution in [0, 0.1) is 19.7 Å². The Kier molecular flexibility index (Phi) is 8.07. The summed E-state index contributed by atoms with van der Waals surface area (Å²) in [4.78, 5) is 35.9. The predicted molar refractivity (Wildman–Crippen MR) is 127 cm³/mol. The second-order valence-electron chi connectivity index (χ2n) is 7.37. The van der Waals surface area contributed by atoms with E-state index in [9.17, 15) is 18.8 Å². The van der Waals surface area contributed by atoms with E-state index < -0.39 is 17.6 Å². The highest BCUT2D eigenvalue weighted by Crippen LogP contribution is 2.15. The first-order valence-electron chi connectivity index (χ1n) is 10.3. The molecule has 0 aliphatic heterocycles. The first-order valence-corrected chi connectivity index (χ1v) is 10.3. The monoisotopic (exact) mass is 462 g/mol. The van der Waals surface area contributed by atoms with Crippen LogP contribution in [0.25, 0.3) is 0 Å². The number of carbonyl (C=O) groups excluding carboxylic acids is 3. The quantitative estimate of drug-likeness (QED) is 0.283. The van der Waals surface area contributed by atoms with Crippen molar-refractivity contribution in [3.63, 3.8) is 0 Å². The fourth-order valence-corrected chi connectivity index (χ4v) is 2.79. The second kappa shape index (κ2) is 11.4. The number of hydrazone groups is 1. The van der Waals surface area contributed by atoms with E-state index in [0.29, 0.717) is 17.0 Å². The molecule has 0 atom stereocenters. The molecule has 0 aromatic heterocycles. The van der Waals surface area contributed by atoms with Gasteiger partial charge in [0, 0.05) is 11.4 Å². The van der Waals surface area contributed by atoms with Crippen LogP contribution in [0.1, 0.15) is 16.7 Å². The van der Waals surface area contributed by atoms with Crippen LogP contribution in [0.5, 0.6) is 5.75 Å². The first kappa shape index (κ1) is 24.1. The fraction of sp³-hybridized carbons (Fsp3) is 0.120. The van der Waals surface area contributed by atoms with Gasteiger partial charge in [-0.05, 0) is 79.1 Å². The average molecular weight is 462 g/mol. The first-order chi connectivity index (χ1) is 16.3. The van der Waals surface area contributed by atoms with E-state index in [1.54, 1.807) is 24.3 Å². The maximum Gasteiger partial charge on any atom is 0.329 e. The molecule has 0 aliphatic carbocycles. The predicted octanol–water partition coefficient (Wildman–Crippen LogP) is 3.55. The van der Waals surface area contributed by atoms with Crippen molar-refractivity contribution in [2.45, 2.75) is 13.8 Å². The number of ether oxygens (including phenoxy) is 1. The van der Waals surface area contributed by atoms with Crippen molar-refractivity contribution in [3.05, 3.63) is 89.2 Å². The number of nitrogens with zero attached hydrogens (tertiary/aromatic N) is 1. The van der Waals surface area contributed by atoms with Gasteiger partial charge in [0.25, 0.3) is 5.91 Å². The van der Waals surface area contributed by atoms with E-state index >= 15 is 0 Å². The highest BCUT2D eigenvalue weighted by Gasteiger charge is 2.12. The summed E-state index contributed by atoms with van der Waals surface area (Å²) in [5.41, 5.74) is 5.86. The number of halogens is 1. The van der Waals surface area contributed by atoms with Crippen LogP contribution in [-0.4, -0.2) is 30.5 Å². The number of hydrogen-bond acceptors (Lipinski definition) is 5. The topological polar surface area (TPSA) is 109 Å². The molecule has 3 amide bonds. The van der Waals surface area contributed by atoms with Gasteiger partial charge in [0.1, 0.15) is 11.6 Å². The molecule has 3 rings (SSSR count). The average Bonchev–Trinajstić information content (AvgIpc) is 2.82. The van der Waals surface area contributed by atoms with Crippen LogP contribution in [-0.2, 0) is 14.4 Å². The molecule has 0 fully saturated rings. The number of anilines is 2. The Morgan fingerprint density at radius 3 is 2.35 bits per heavy atom. The van der Waals surface area contributed by atoms with E-state index in [2.05, 4.69) is 21.2 Å². The van der Waals surface area contributed by atoms with Crippen LogP contribution in [0.15, 0.2) is 71.8 Å². The summed E-state index contributed by atoms with van der Waals surface area (Å²) in [6.07, 6.45) is 1.32. The van der Waals surface area contributed by atoms with Crippen LogP contribution in [0.3, 0.4) is 0 Å². The third-order valence-electron chi connectivity index (χ3n) is 4.71. The van der Waals surface area contributed by atoms with Gasteiger partial charge in [-0.15, -0.1) is 0 Å². The molecule has 34 heavy (non-hydrogen) atoms. The number of carbonyl (C=O) groups is 3. The lowest BCUT2D eigenvalue weighted by molar-refractivity contribution is -0.136. The van der Waals surface area contributed by atoms with Gasteiger partial charge in [0.2, 0.25) is 0 Å². The summed E-state index contributed by atoms with van der Waals surface area (Å²) >= 11 is 0. The molecular formula is C25H23FN4O4. The van der Waals surface area contributed by atoms with Crippen LogP contribution < -0.4 is 20.8 Å². The summed E-state index contributed by atoms with van der Waals surface area (Å²) in [6.45, 7) is 3.78. The van der Waals surface area contributed by atoms with Crippen LogP contribution >= 0.6 is 0 Å². The van der Waals surface area contributed by atoms with E-state index in [1.807, 2.05) is 32.0 Å². The molecule has 0 saturated carbocycles. The molecule has 0 heterocycles. The zero-order valence-corrected chi connectivity index (χ0v) is 18.6. The molecule has 3 aromatic carbocycles. The minimum atomic E-state index is -0.990. The Morgan fingerprint density at radius 2 is 1.62 bits per heavy atom. The maximum absolute atomic E-state index is 12.9. The number of nitrogens with one attached hydrogen (secondary N) is 3. The molecule has 0 spiro atoms. The van der Waals surface area contributed by atoms with Gasteiger partial charge in [-0.25, -0.2) is 9.82 Å². The summed E-state index contributed by atoms with van der Waals surface area (Å²) in [6, 6.07) is 17.3. The zero-order chi connectivity index (χ0) is 24.5. The number of amides is 3. The van der Waals surface area contributed by atoms with Crippen molar-refractivity contribution in [2.75, 3.05) is 17.2 Å². The lowest BCUT2D eigenvalue weighted by atomic mass is 10.1. The molecule has 174 valence electrons. The molecule has 9 heteroatoms. The van der Waals surface area contributed by atoms with Gasteiger partial charge >= 0.3 is 11.8 Å². The van der Waals surface area contributed by atoms with Crippen molar-refractivity contribution < 1.29 is 23.5 Å². The minimum absolute atomic E-state index is 0.187. The number of rotatable bonds is 7. The van der Waals surface area contributed by atoms with Crippen LogP contribution in [0.4, 0.5) is 15.8 Å². The summed E-state index contributed by atoms with van der Waals surface area (Å²) in [7, 11) is 0. The Bertz CT molecular complexity index is 1230. The van der Waals surface area contributed by atoms with Crippen molar-refractivity contribution in [1.29, 1.82) is 0 Å². The van der Waals surface area contributed by atoms with Gasteiger partial charge in [-0.3, -0.25) is 14.4 Å². The fourth-order valence-electron chi connectivity index (χ4n) is 2.79.